The van der Waals surface area contributed by atoms with Crippen molar-refractivity contribution in [2.24, 2.45) is 0 Å². The lowest BCUT2D eigenvalue weighted by Crippen LogP contribution is -2.60. The number of carbonyl (C=O) groups is 3. The summed E-state index contributed by atoms with van der Waals surface area (Å²) in [4.78, 5) is 39.7. The van der Waals surface area contributed by atoms with Crippen molar-refractivity contribution in [2.45, 2.75) is 38.3 Å². The Bertz CT molecular complexity index is 1180. The van der Waals surface area contributed by atoms with Crippen LogP contribution < -0.4 is 10.1 Å². The van der Waals surface area contributed by atoms with Crippen molar-refractivity contribution in [3.05, 3.63) is 90.5 Å². The standard InChI is InChI=1S/C30H32N2O5/c1-22(37-26-16-14-25(15-17-26)24-12-6-3-7-13-24)30(35)32-19-18-31-29(34)27(32)21-28(33)36-20-8-11-23-9-4-2-5-10-23/h2-7,9-10,12-17,22,27H,8,11,18-21H2,1H3,(H,31,34). The molecule has 1 N–H and O–H groups in total. The van der Waals surface area contributed by atoms with Gasteiger partial charge in [-0.15, -0.1) is 0 Å². The lowest BCUT2D eigenvalue weighted by atomic mass is 10.1. The van der Waals surface area contributed by atoms with E-state index in [-0.39, 0.29) is 24.8 Å². The molecule has 3 aromatic carbocycles. The first-order valence-electron chi connectivity index (χ1n) is 12.6. The van der Waals surface area contributed by atoms with Crippen LogP contribution in [0.2, 0.25) is 0 Å². The predicted octanol–water partition coefficient (Wildman–Crippen LogP) is 4.01. The van der Waals surface area contributed by atoms with Gasteiger partial charge < -0.3 is 19.7 Å². The van der Waals surface area contributed by atoms with Crippen molar-refractivity contribution in [3.8, 4) is 16.9 Å². The number of carbonyl (C=O) groups excluding carboxylic acids is 3. The van der Waals surface area contributed by atoms with Gasteiger partial charge in [0.1, 0.15) is 11.8 Å². The molecule has 1 fully saturated rings. The van der Waals surface area contributed by atoms with Gasteiger partial charge in [0.25, 0.3) is 5.91 Å². The van der Waals surface area contributed by atoms with Crippen molar-refractivity contribution in [1.29, 1.82) is 0 Å². The zero-order valence-electron chi connectivity index (χ0n) is 21.0. The Balaban J connectivity index is 1.30. The van der Waals surface area contributed by atoms with Gasteiger partial charge in [-0.2, -0.15) is 0 Å². The van der Waals surface area contributed by atoms with E-state index in [1.165, 1.54) is 10.5 Å². The molecule has 37 heavy (non-hydrogen) atoms. The highest BCUT2D eigenvalue weighted by molar-refractivity contribution is 5.93. The summed E-state index contributed by atoms with van der Waals surface area (Å²) in [6, 6.07) is 26.5. The lowest BCUT2D eigenvalue weighted by molar-refractivity contribution is -0.154. The van der Waals surface area contributed by atoms with Crippen LogP contribution in [0.15, 0.2) is 84.9 Å². The average molecular weight is 501 g/mol. The van der Waals surface area contributed by atoms with Crippen LogP contribution in [0.25, 0.3) is 11.1 Å². The molecule has 1 heterocycles. The molecule has 2 unspecified atom stereocenters. The Morgan fingerprint density at radius 3 is 2.30 bits per heavy atom. The molecule has 2 atom stereocenters. The van der Waals surface area contributed by atoms with E-state index in [0.29, 0.717) is 25.3 Å². The molecule has 0 spiro atoms. The third-order valence-corrected chi connectivity index (χ3v) is 6.31. The smallest absolute Gasteiger partial charge is 0.308 e. The van der Waals surface area contributed by atoms with E-state index < -0.39 is 18.1 Å². The molecule has 192 valence electrons. The zero-order chi connectivity index (χ0) is 26.0. The Morgan fingerprint density at radius 1 is 0.946 bits per heavy atom. The minimum absolute atomic E-state index is 0.193. The van der Waals surface area contributed by atoms with E-state index >= 15 is 0 Å². The molecule has 0 aromatic heterocycles. The monoisotopic (exact) mass is 500 g/mol. The largest absolute Gasteiger partial charge is 0.481 e. The topological polar surface area (TPSA) is 84.9 Å². The van der Waals surface area contributed by atoms with Crippen LogP contribution in [0.1, 0.15) is 25.3 Å². The number of hydrogen-bond acceptors (Lipinski definition) is 5. The molecule has 7 heteroatoms. The number of aryl methyl sites for hydroxylation is 1. The summed E-state index contributed by atoms with van der Waals surface area (Å²) in [7, 11) is 0. The molecule has 0 bridgehead atoms. The van der Waals surface area contributed by atoms with Gasteiger partial charge in [-0.3, -0.25) is 14.4 Å². The van der Waals surface area contributed by atoms with Gasteiger partial charge in [0.05, 0.1) is 13.0 Å². The van der Waals surface area contributed by atoms with E-state index in [2.05, 4.69) is 5.32 Å². The predicted molar refractivity (Wildman–Crippen MR) is 141 cm³/mol. The number of piperazine rings is 1. The van der Waals surface area contributed by atoms with Gasteiger partial charge in [0.15, 0.2) is 6.10 Å². The molecular weight excluding hydrogens is 468 g/mol. The van der Waals surface area contributed by atoms with E-state index in [1.807, 2.05) is 84.9 Å². The number of hydrogen-bond donors (Lipinski definition) is 1. The van der Waals surface area contributed by atoms with Crippen LogP contribution in [0.3, 0.4) is 0 Å². The molecule has 7 nitrogen and oxygen atoms in total. The van der Waals surface area contributed by atoms with Crippen LogP contribution in [-0.2, 0) is 25.5 Å². The van der Waals surface area contributed by atoms with Crippen molar-refractivity contribution in [3.63, 3.8) is 0 Å². The van der Waals surface area contributed by atoms with Crippen LogP contribution in [-0.4, -0.2) is 54.5 Å². The van der Waals surface area contributed by atoms with Gasteiger partial charge in [0, 0.05) is 13.1 Å². The summed E-state index contributed by atoms with van der Waals surface area (Å²) in [5, 5.41) is 2.74. The normalized spacial score (nSPS) is 16.0. The number of amides is 2. The number of esters is 1. The highest BCUT2D eigenvalue weighted by Gasteiger charge is 2.37. The van der Waals surface area contributed by atoms with Crippen LogP contribution in [0.5, 0.6) is 5.75 Å². The first kappa shape index (κ1) is 25.9. The first-order valence-corrected chi connectivity index (χ1v) is 12.6. The zero-order valence-corrected chi connectivity index (χ0v) is 21.0. The summed E-state index contributed by atoms with van der Waals surface area (Å²) in [5.41, 5.74) is 3.31. The van der Waals surface area contributed by atoms with E-state index in [1.54, 1.807) is 6.92 Å². The third kappa shape index (κ3) is 7.19. The Kier molecular flexibility index (Phi) is 8.92. The van der Waals surface area contributed by atoms with Crippen molar-refractivity contribution >= 4 is 17.8 Å². The fourth-order valence-electron chi connectivity index (χ4n) is 4.35. The SMILES string of the molecule is CC(Oc1ccc(-c2ccccc2)cc1)C(=O)N1CCNC(=O)C1CC(=O)OCCCc1ccccc1. The molecule has 2 amide bonds. The molecule has 0 saturated carbocycles. The summed E-state index contributed by atoms with van der Waals surface area (Å²) in [6.45, 7) is 2.54. The quantitative estimate of drug-likeness (QED) is 0.336. The van der Waals surface area contributed by atoms with Crippen LogP contribution >= 0.6 is 0 Å². The summed E-state index contributed by atoms with van der Waals surface area (Å²) >= 11 is 0. The molecule has 0 radical (unpaired) electrons. The first-order chi connectivity index (χ1) is 18.0. The fraction of sp³-hybridized carbons (Fsp3) is 0.300. The maximum absolute atomic E-state index is 13.2. The van der Waals surface area contributed by atoms with E-state index in [0.717, 1.165) is 17.5 Å². The minimum atomic E-state index is -0.922. The average Bonchev–Trinajstić information content (AvgIpc) is 2.93. The second kappa shape index (κ2) is 12.7. The molecule has 3 aromatic rings. The van der Waals surface area contributed by atoms with Crippen molar-refractivity contribution < 1.29 is 23.9 Å². The molecular formula is C30H32N2O5. The van der Waals surface area contributed by atoms with Gasteiger partial charge in [-0.05, 0) is 48.6 Å². The number of rotatable bonds is 10. The summed E-state index contributed by atoms with van der Waals surface area (Å²) in [5.74, 6) is -0.654. The van der Waals surface area contributed by atoms with Crippen molar-refractivity contribution in [2.75, 3.05) is 19.7 Å². The fourth-order valence-corrected chi connectivity index (χ4v) is 4.35. The Hall–Kier alpha value is -4.13. The summed E-state index contributed by atoms with van der Waals surface area (Å²) in [6.07, 6.45) is 0.465. The highest BCUT2D eigenvalue weighted by atomic mass is 16.5. The Morgan fingerprint density at radius 2 is 1.59 bits per heavy atom. The second-order valence-corrected chi connectivity index (χ2v) is 9.00. The molecule has 4 rings (SSSR count). The van der Waals surface area contributed by atoms with E-state index in [9.17, 15) is 14.4 Å². The van der Waals surface area contributed by atoms with Gasteiger partial charge in [-0.25, -0.2) is 0 Å². The third-order valence-electron chi connectivity index (χ3n) is 6.31. The minimum Gasteiger partial charge on any atom is -0.481 e. The lowest BCUT2D eigenvalue weighted by Gasteiger charge is -2.36. The second-order valence-electron chi connectivity index (χ2n) is 9.00. The molecule has 1 aliphatic heterocycles. The molecule has 1 aliphatic rings. The van der Waals surface area contributed by atoms with Crippen molar-refractivity contribution in [1.82, 2.24) is 10.2 Å². The van der Waals surface area contributed by atoms with Gasteiger partial charge in [0.2, 0.25) is 5.91 Å². The Labute approximate surface area is 217 Å². The molecule has 0 aliphatic carbocycles. The number of ether oxygens (including phenoxy) is 2. The summed E-state index contributed by atoms with van der Waals surface area (Å²) < 4.78 is 11.2. The van der Waals surface area contributed by atoms with Crippen LogP contribution in [0, 0.1) is 0 Å². The maximum Gasteiger partial charge on any atom is 0.308 e. The number of nitrogens with zero attached hydrogens (tertiary/aromatic N) is 1. The highest BCUT2D eigenvalue weighted by Crippen LogP contribution is 2.23. The van der Waals surface area contributed by atoms with Gasteiger partial charge >= 0.3 is 5.97 Å². The maximum atomic E-state index is 13.2. The van der Waals surface area contributed by atoms with Gasteiger partial charge in [-0.1, -0.05) is 72.8 Å². The molecule has 1 saturated heterocycles. The number of nitrogens with one attached hydrogen (secondary N) is 1. The number of benzene rings is 3. The van der Waals surface area contributed by atoms with E-state index in [4.69, 9.17) is 9.47 Å². The van der Waals surface area contributed by atoms with Crippen LogP contribution in [0.4, 0.5) is 0 Å².